The van der Waals surface area contributed by atoms with Crippen LogP contribution in [0.3, 0.4) is 0 Å². The highest BCUT2D eigenvalue weighted by Crippen LogP contribution is 2.31. The first kappa shape index (κ1) is 16.7. The van der Waals surface area contributed by atoms with E-state index < -0.39 is 15.8 Å². The average Bonchev–Trinajstić information content (AvgIpc) is 2.97. The Labute approximate surface area is 146 Å². The minimum absolute atomic E-state index is 0.213. The lowest BCUT2D eigenvalue weighted by Crippen LogP contribution is -2.14. The van der Waals surface area contributed by atoms with Crippen LogP contribution in [0.5, 0.6) is 0 Å². The molecule has 0 unspecified atom stereocenters. The van der Waals surface area contributed by atoms with Crippen molar-refractivity contribution in [2.45, 2.75) is 4.34 Å². The van der Waals surface area contributed by atoms with Crippen molar-refractivity contribution >= 4 is 49.0 Å². The maximum Gasteiger partial charge on any atom is 0.242 e. The second-order valence-corrected chi connectivity index (χ2v) is 9.10. The van der Waals surface area contributed by atoms with E-state index in [1.807, 2.05) is 0 Å². The predicted molar refractivity (Wildman–Crippen MR) is 94.0 cm³/mol. The number of hydrogen-bond acceptors (Lipinski definition) is 6. The molecule has 0 aliphatic rings. The molecule has 1 heterocycles. The van der Waals surface area contributed by atoms with Crippen LogP contribution < -0.4 is 4.72 Å². The van der Waals surface area contributed by atoms with E-state index in [1.165, 1.54) is 35.6 Å². The zero-order chi connectivity index (χ0) is 17.2. The highest BCUT2D eigenvalue weighted by molar-refractivity contribution is 8.13. The molecule has 122 valence electrons. The summed E-state index contributed by atoms with van der Waals surface area (Å²) in [6.45, 7) is 0. The molecule has 1 aromatic heterocycles. The molecule has 0 bridgehead atoms. The Kier molecular flexibility index (Phi) is 4.71. The quantitative estimate of drug-likeness (QED) is 0.682. The first-order valence-corrected chi connectivity index (χ1v) is 10.1. The van der Waals surface area contributed by atoms with Crippen molar-refractivity contribution in [1.82, 2.24) is 4.98 Å². The third kappa shape index (κ3) is 4.03. The lowest BCUT2D eigenvalue weighted by molar-refractivity contribution is 0.605. The Morgan fingerprint density at radius 3 is 2.71 bits per heavy atom. The van der Waals surface area contributed by atoms with Gasteiger partial charge in [-0.05, 0) is 42.5 Å². The van der Waals surface area contributed by atoms with Crippen molar-refractivity contribution in [2.75, 3.05) is 9.81 Å². The Balaban J connectivity index is 1.70. The second kappa shape index (κ2) is 6.76. The number of sulfonamides is 1. The summed E-state index contributed by atoms with van der Waals surface area (Å²) < 4.78 is 40.8. The van der Waals surface area contributed by atoms with Crippen LogP contribution in [-0.4, -0.2) is 18.5 Å². The van der Waals surface area contributed by atoms with E-state index >= 15 is 0 Å². The lowest BCUT2D eigenvalue weighted by Gasteiger charge is -2.06. The fourth-order valence-electron chi connectivity index (χ4n) is 1.89. The number of anilines is 1. The maximum absolute atomic E-state index is 12.8. The smallest absolute Gasteiger partial charge is 0.242 e. The second-order valence-electron chi connectivity index (χ2n) is 4.76. The summed E-state index contributed by atoms with van der Waals surface area (Å²) in [5, 5.41) is 8.68. The van der Waals surface area contributed by atoms with Gasteiger partial charge in [-0.3, -0.25) is 4.72 Å². The summed E-state index contributed by atoms with van der Waals surface area (Å²) in [4.78, 5) is 4.34. The van der Waals surface area contributed by atoms with E-state index in [2.05, 4.69) is 15.8 Å². The number of thiazole rings is 1. The van der Waals surface area contributed by atoms with Crippen LogP contribution in [0, 0.1) is 17.1 Å². The Morgan fingerprint density at radius 2 is 2.00 bits per heavy atom. The molecule has 1 N–H and O–H groups in total. The number of rotatable bonds is 5. The van der Waals surface area contributed by atoms with Gasteiger partial charge >= 0.3 is 0 Å². The minimum Gasteiger partial charge on any atom is -0.283 e. The number of nitrogens with one attached hydrogen (secondary N) is 1. The molecule has 0 saturated heterocycles. The summed E-state index contributed by atoms with van der Waals surface area (Å²) in [5.41, 5.74) is 1.57. The van der Waals surface area contributed by atoms with Gasteiger partial charge in [-0.1, -0.05) is 11.8 Å². The monoisotopic (exact) mass is 379 g/mol. The van der Waals surface area contributed by atoms with Crippen LogP contribution in [0.25, 0.3) is 10.2 Å². The topological polar surface area (TPSA) is 82.8 Å². The summed E-state index contributed by atoms with van der Waals surface area (Å²) in [6.07, 6.45) is 0. The number of hydrogen-bond donors (Lipinski definition) is 1. The molecule has 0 fully saturated rings. The summed E-state index contributed by atoms with van der Waals surface area (Å²) in [5.74, 6) is -0.432. The van der Waals surface area contributed by atoms with Gasteiger partial charge < -0.3 is 0 Å². The van der Waals surface area contributed by atoms with Crippen molar-refractivity contribution < 1.29 is 12.8 Å². The summed E-state index contributed by atoms with van der Waals surface area (Å²) in [7, 11) is -3.59. The molecule has 0 aliphatic carbocycles. The van der Waals surface area contributed by atoms with Gasteiger partial charge in [0.1, 0.15) is 10.9 Å². The number of nitrogens with zero attached hydrogens (tertiary/aromatic N) is 2. The highest BCUT2D eigenvalue weighted by Gasteiger charge is 2.14. The highest BCUT2D eigenvalue weighted by atomic mass is 32.3. The van der Waals surface area contributed by atoms with E-state index in [-0.39, 0.29) is 5.08 Å². The van der Waals surface area contributed by atoms with Crippen LogP contribution in [-0.2, 0) is 10.0 Å². The summed E-state index contributed by atoms with van der Waals surface area (Å²) in [6, 6.07) is 12.3. The minimum atomic E-state index is -3.59. The molecule has 0 saturated carbocycles. The molecule has 24 heavy (non-hydrogen) atoms. The van der Waals surface area contributed by atoms with E-state index in [9.17, 15) is 12.8 Å². The molecule has 3 aromatic rings. The lowest BCUT2D eigenvalue weighted by atomic mass is 10.2. The van der Waals surface area contributed by atoms with Crippen molar-refractivity contribution in [3.8, 4) is 6.07 Å². The SMILES string of the molecule is N#Cc1ccc2nc(SCS(=O)(=O)Nc3ccc(F)cc3)sc2c1. The summed E-state index contributed by atoms with van der Waals surface area (Å²) >= 11 is 2.42. The zero-order valence-corrected chi connectivity index (χ0v) is 14.5. The molecule has 2 aromatic carbocycles. The molecular weight excluding hydrogens is 369 g/mol. The van der Waals surface area contributed by atoms with E-state index in [1.54, 1.807) is 18.2 Å². The van der Waals surface area contributed by atoms with E-state index in [0.29, 0.717) is 15.6 Å². The van der Waals surface area contributed by atoms with Gasteiger partial charge in [0, 0.05) is 5.69 Å². The number of fused-ring (bicyclic) bond motifs is 1. The van der Waals surface area contributed by atoms with Gasteiger partial charge in [0.15, 0.2) is 4.34 Å². The molecule has 5 nitrogen and oxygen atoms in total. The van der Waals surface area contributed by atoms with Crippen molar-refractivity contribution in [1.29, 1.82) is 5.26 Å². The average molecular weight is 379 g/mol. The van der Waals surface area contributed by atoms with Crippen molar-refractivity contribution in [3.05, 3.63) is 53.8 Å². The van der Waals surface area contributed by atoms with Crippen LogP contribution in [0.2, 0.25) is 0 Å². The van der Waals surface area contributed by atoms with E-state index in [4.69, 9.17) is 5.26 Å². The van der Waals surface area contributed by atoms with Gasteiger partial charge in [-0.25, -0.2) is 17.8 Å². The molecular formula is C15H10FN3O2S3. The third-order valence-electron chi connectivity index (χ3n) is 2.95. The third-order valence-corrected chi connectivity index (χ3v) is 6.97. The van der Waals surface area contributed by atoms with Crippen LogP contribution in [0.4, 0.5) is 10.1 Å². The fraction of sp³-hybridized carbons (Fsp3) is 0.0667. The Morgan fingerprint density at radius 1 is 1.25 bits per heavy atom. The molecule has 0 amide bonds. The van der Waals surface area contributed by atoms with Gasteiger partial charge in [-0.15, -0.1) is 11.3 Å². The first-order valence-electron chi connectivity index (χ1n) is 6.65. The zero-order valence-electron chi connectivity index (χ0n) is 12.1. The molecule has 9 heteroatoms. The Bertz CT molecular complexity index is 1020. The molecule has 0 atom stereocenters. The maximum atomic E-state index is 12.8. The van der Waals surface area contributed by atoms with Gasteiger partial charge in [-0.2, -0.15) is 5.26 Å². The van der Waals surface area contributed by atoms with Gasteiger partial charge in [0.2, 0.25) is 10.0 Å². The molecule has 0 spiro atoms. The Hall–Kier alpha value is -2.15. The number of halogens is 1. The van der Waals surface area contributed by atoms with Crippen LogP contribution in [0.1, 0.15) is 5.56 Å². The molecule has 3 rings (SSSR count). The van der Waals surface area contributed by atoms with Crippen LogP contribution >= 0.6 is 23.1 Å². The first-order chi connectivity index (χ1) is 11.4. The number of thioether (sulfide) groups is 1. The van der Waals surface area contributed by atoms with E-state index in [0.717, 1.165) is 22.0 Å². The predicted octanol–water partition coefficient (Wildman–Crippen LogP) is 3.80. The van der Waals surface area contributed by atoms with Gasteiger partial charge in [0.25, 0.3) is 0 Å². The standard InChI is InChI=1S/C15H10FN3O2S3/c16-11-2-4-12(5-3-11)19-24(20,21)9-22-15-18-13-6-1-10(8-17)7-14(13)23-15/h1-7,19H,9H2. The number of aromatic nitrogens is 1. The van der Waals surface area contributed by atoms with Crippen molar-refractivity contribution in [2.24, 2.45) is 0 Å². The molecule has 0 aliphatic heterocycles. The number of benzene rings is 2. The normalized spacial score (nSPS) is 11.3. The van der Waals surface area contributed by atoms with Gasteiger partial charge in [0.05, 0.1) is 21.8 Å². The van der Waals surface area contributed by atoms with Crippen molar-refractivity contribution in [3.63, 3.8) is 0 Å². The molecule has 0 radical (unpaired) electrons. The fourth-order valence-corrected chi connectivity index (χ4v) is 5.48. The number of nitriles is 1. The largest absolute Gasteiger partial charge is 0.283 e. The van der Waals surface area contributed by atoms with Crippen LogP contribution in [0.15, 0.2) is 46.8 Å².